The molecule has 0 saturated carbocycles. The molecule has 0 aliphatic rings. The van der Waals surface area contributed by atoms with Gasteiger partial charge >= 0.3 is 0 Å². The molecule has 0 aliphatic heterocycles. The maximum Gasteiger partial charge on any atom is 0.132 e. The van der Waals surface area contributed by atoms with E-state index >= 15 is 0 Å². The number of rotatable bonds is 1. The van der Waals surface area contributed by atoms with Crippen LogP contribution in [0.15, 0.2) is 0 Å². The van der Waals surface area contributed by atoms with Crippen molar-refractivity contribution in [3.8, 4) is 0 Å². The largest absolute Gasteiger partial charge is 0.432 e. The van der Waals surface area contributed by atoms with E-state index in [0.717, 1.165) is 0 Å². The Morgan fingerprint density at radius 3 is 1.50 bits per heavy atom. The number of hydrogen-bond donors (Lipinski definition) is 0. The Morgan fingerprint density at radius 1 is 1.33 bits per heavy atom. The van der Waals surface area contributed by atoms with E-state index in [1.54, 1.807) is 7.11 Å². The molecule has 0 spiro atoms. The minimum Gasteiger partial charge on any atom is -0.432 e. The van der Waals surface area contributed by atoms with E-state index < -0.39 is 6.87 Å². The Balaban J connectivity index is 3.17. The molecule has 0 aliphatic carbocycles. The third kappa shape index (κ3) is 4.83. The van der Waals surface area contributed by atoms with Crippen molar-refractivity contribution >= 4 is 36.1 Å². The third-order valence-electron chi connectivity index (χ3n) is 0.306. The van der Waals surface area contributed by atoms with Crippen LogP contribution >= 0.6 is 0 Å². The zero-order chi connectivity index (χ0) is 5.21. The van der Waals surface area contributed by atoms with Crippen LogP contribution in [-0.2, 0) is 4.43 Å². The Kier molecular flexibility index (Phi) is 2.52. The van der Waals surface area contributed by atoms with Crippen LogP contribution in [0.25, 0.3) is 0 Å². The summed E-state index contributed by atoms with van der Waals surface area (Å²) in [5.41, 5.74) is 0. The molecule has 0 heterocycles. The molecule has 0 N–H and O–H groups in total. The summed E-state index contributed by atoms with van der Waals surface area (Å²) in [5.74, 6) is 0. The molecule has 0 bridgehead atoms. The summed E-state index contributed by atoms with van der Waals surface area (Å²) in [7, 11) is 11.4. The van der Waals surface area contributed by atoms with Crippen LogP contribution in [0.3, 0.4) is 0 Å². The van der Waals surface area contributed by atoms with E-state index in [-0.39, 0.29) is 0 Å². The lowest BCUT2D eigenvalue weighted by Gasteiger charge is -2.10. The molecule has 0 saturated heterocycles. The Bertz CT molecular complexity index is 37.3. The van der Waals surface area contributed by atoms with Crippen molar-refractivity contribution in [1.82, 2.24) is 0 Å². The average molecular weight is 143 g/mol. The van der Waals surface area contributed by atoms with E-state index in [1.165, 1.54) is 0 Å². The summed E-state index contributed by atoms with van der Waals surface area (Å²) in [6, 6.07) is 0. The topological polar surface area (TPSA) is 9.23 Å². The fraction of sp³-hybridized carbons (Fsp3) is 1.00. The molecule has 6 heavy (non-hydrogen) atoms. The van der Waals surface area contributed by atoms with Crippen LogP contribution in [0.2, 0.25) is 0 Å². The predicted molar refractivity (Wildman–Crippen MR) is 30.0 cm³/mol. The smallest absolute Gasteiger partial charge is 0.132 e. The van der Waals surface area contributed by atoms with Gasteiger partial charge < -0.3 is 4.43 Å². The molecule has 0 rings (SSSR count). The van der Waals surface area contributed by atoms with E-state index in [2.05, 4.69) is 29.3 Å². The summed E-state index contributed by atoms with van der Waals surface area (Å²) in [6.07, 6.45) is 0. The molecule has 0 unspecified atom stereocenters. The monoisotopic (exact) mass is 143 g/mol. The lowest BCUT2D eigenvalue weighted by molar-refractivity contribution is 0.442. The van der Waals surface area contributed by atoms with Gasteiger partial charge in [-0.2, -0.15) is 0 Å². The van der Waals surface area contributed by atoms with Crippen molar-refractivity contribution in [3.63, 3.8) is 0 Å². The van der Waals surface area contributed by atoms with Gasteiger partial charge in [-0.15, -0.1) is 0 Å². The lowest BCUT2D eigenvalue weighted by Crippen LogP contribution is -2.40. The maximum absolute atomic E-state index is 4.82. The second kappa shape index (κ2) is 2.22. The van der Waals surface area contributed by atoms with E-state index in [4.69, 9.17) is 4.43 Å². The fourth-order valence-corrected chi connectivity index (χ4v) is 0. The van der Waals surface area contributed by atoms with Crippen molar-refractivity contribution in [2.75, 3.05) is 7.11 Å². The lowest BCUT2D eigenvalue weighted by atomic mass is 11.8. The van der Waals surface area contributed by atoms with Crippen LogP contribution < -0.4 is 0 Å². The highest BCUT2D eigenvalue weighted by molar-refractivity contribution is 7.57. The molecule has 0 atom stereocenters. The molecule has 29 valence electrons. The van der Waals surface area contributed by atoms with Gasteiger partial charge in [-0.25, -0.2) is 0 Å². The van der Waals surface area contributed by atoms with Gasteiger partial charge in [-0.1, -0.05) is 0 Å². The summed E-state index contributed by atoms with van der Waals surface area (Å²) < 4.78 is 4.82. The molecular formula is CH3OSi4. The number of hydrogen-bond acceptors (Lipinski definition) is 1. The fourth-order valence-electron chi connectivity index (χ4n) is 0. The van der Waals surface area contributed by atoms with Gasteiger partial charge in [0.2, 0.25) is 0 Å². The highest BCUT2D eigenvalue weighted by Gasteiger charge is 2.09. The second-order valence-corrected chi connectivity index (χ2v) is 13.5. The van der Waals surface area contributed by atoms with E-state index in [0.29, 0.717) is 0 Å². The van der Waals surface area contributed by atoms with E-state index in [9.17, 15) is 0 Å². The third-order valence-corrected chi connectivity index (χ3v) is 2.76. The zero-order valence-corrected chi connectivity index (χ0v) is 7.41. The molecule has 0 fully saturated rings. The highest BCUT2D eigenvalue weighted by atomic mass is 29.9. The summed E-state index contributed by atoms with van der Waals surface area (Å²) in [5, 5.41) is 0. The normalized spacial score (nSPS) is 12.0. The first kappa shape index (κ1) is 6.83. The van der Waals surface area contributed by atoms with Crippen molar-refractivity contribution < 1.29 is 4.43 Å². The molecular weight excluding hydrogens is 140 g/mol. The SMILES string of the molecule is CO[Si]([Si])([Si])[Si]. The first-order valence-electron chi connectivity index (χ1n) is 1.36. The standard InChI is InChI=1S/CH3OSi4/c1-2-6(3,4)5/h1H3. The first-order chi connectivity index (χ1) is 2.56. The van der Waals surface area contributed by atoms with Crippen molar-refractivity contribution in [2.24, 2.45) is 0 Å². The van der Waals surface area contributed by atoms with Crippen LogP contribution in [0.1, 0.15) is 0 Å². The van der Waals surface area contributed by atoms with Gasteiger partial charge in [-0.3, -0.25) is 0 Å². The van der Waals surface area contributed by atoms with Crippen molar-refractivity contribution in [3.05, 3.63) is 0 Å². The van der Waals surface area contributed by atoms with Crippen LogP contribution in [0, 0.1) is 0 Å². The van der Waals surface area contributed by atoms with Gasteiger partial charge in [0, 0.05) is 36.4 Å². The predicted octanol–water partition coefficient (Wildman–Crippen LogP) is -1.43. The minimum atomic E-state index is -1.71. The maximum atomic E-state index is 4.82. The summed E-state index contributed by atoms with van der Waals surface area (Å²) in [6.45, 7) is -1.71. The Labute approximate surface area is 48.2 Å². The molecule has 9 radical (unpaired) electrons. The molecule has 1 nitrogen and oxygen atoms in total. The van der Waals surface area contributed by atoms with Gasteiger partial charge in [0.15, 0.2) is 0 Å². The Morgan fingerprint density at radius 2 is 1.50 bits per heavy atom. The van der Waals surface area contributed by atoms with E-state index in [1.807, 2.05) is 0 Å². The summed E-state index contributed by atoms with van der Waals surface area (Å²) in [4.78, 5) is 0. The van der Waals surface area contributed by atoms with Gasteiger partial charge in [0.1, 0.15) is 6.87 Å². The molecule has 5 heteroatoms. The molecule has 0 aromatic carbocycles. The van der Waals surface area contributed by atoms with Gasteiger partial charge in [0.25, 0.3) is 0 Å². The van der Waals surface area contributed by atoms with Crippen LogP contribution in [0.5, 0.6) is 0 Å². The van der Waals surface area contributed by atoms with Crippen molar-refractivity contribution in [2.45, 2.75) is 0 Å². The van der Waals surface area contributed by atoms with Gasteiger partial charge in [-0.05, 0) is 0 Å². The minimum absolute atomic E-state index is 1.62. The van der Waals surface area contributed by atoms with Crippen molar-refractivity contribution in [1.29, 1.82) is 0 Å². The quantitative estimate of drug-likeness (QED) is 0.409. The highest BCUT2D eigenvalue weighted by Crippen LogP contribution is 1.77. The molecule has 0 aromatic heterocycles. The summed E-state index contributed by atoms with van der Waals surface area (Å²) >= 11 is 0. The van der Waals surface area contributed by atoms with Gasteiger partial charge in [0.05, 0.1) is 0 Å². The second-order valence-electron chi connectivity index (χ2n) is 0.885. The molecule has 0 amide bonds. The van der Waals surface area contributed by atoms with Crippen LogP contribution in [0.4, 0.5) is 0 Å². The zero-order valence-electron chi connectivity index (χ0n) is 3.41. The van der Waals surface area contributed by atoms with Crippen LogP contribution in [-0.4, -0.2) is 43.3 Å². The first-order valence-corrected chi connectivity index (χ1v) is 7.77. The molecule has 0 aromatic rings. The average Bonchev–Trinajstić information content (AvgIpc) is 1.35. The Hall–Kier alpha value is 0.828.